The zero-order chi connectivity index (χ0) is 24.0. The summed E-state index contributed by atoms with van der Waals surface area (Å²) in [7, 11) is 0. The highest BCUT2D eigenvalue weighted by Gasteiger charge is 2.23. The van der Waals surface area contributed by atoms with E-state index in [1.54, 1.807) is 26.0 Å². The first kappa shape index (κ1) is 23.5. The number of nitrogens with one attached hydrogen (secondary N) is 2. The Labute approximate surface area is 189 Å². The van der Waals surface area contributed by atoms with Crippen LogP contribution < -0.4 is 21.0 Å². The number of amides is 2. The van der Waals surface area contributed by atoms with Gasteiger partial charge in [-0.2, -0.15) is 0 Å². The molecule has 0 radical (unpaired) electrons. The Kier molecular flexibility index (Phi) is 7.45. The number of carboxylic acids is 1. The molecule has 0 aliphatic carbocycles. The average Bonchev–Trinajstić information content (AvgIpc) is 2.79. The van der Waals surface area contributed by atoms with E-state index in [0.29, 0.717) is 16.7 Å². The highest BCUT2D eigenvalue weighted by molar-refractivity contribution is 5.94. The fourth-order valence-electron chi connectivity index (χ4n) is 3.21. The molecule has 1 atom stereocenters. The molecular formula is C24H24N2O7. The van der Waals surface area contributed by atoms with Crippen molar-refractivity contribution in [3.05, 3.63) is 65.0 Å². The number of rotatable bonds is 9. The zero-order valence-electron chi connectivity index (χ0n) is 18.2. The van der Waals surface area contributed by atoms with Crippen LogP contribution in [-0.4, -0.2) is 42.1 Å². The molecule has 3 aromatic rings. The number of fused-ring (bicyclic) bond motifs is 1. The summed E-state index contributed by atoms with van der Waals surface area (Å²) in [5.74, 6) is -2.33. The van der Waals surface area contributed by atoms with Crippen molar-refractivity contribution < 1.29 is 28.6 Å². The highest BCUT2D eigenvalue weighted by Crippen LogP contribution is 2.29. The number of hydrogen-bond acceptors (Lipinski definition) is 6. The molecule has 0 saturated heterocycles. The van der Waals surface area contributed by atoms with Gasteiger partial charge in [-0.1, -0.05) is 44.2 Å². The van der Waals surface area contributed by atoms with Crippen LogP contribution in [0.25, 0.3) is 22.1 Å². The van der Waals surface area contributed by atoms with Crippen LogP contribution in [0.3, 0.4) is 0 Å². The number of aliphatic carboxylic acids is 1. The Morgan fingerprint density at radius 2 is 1.76 bits per heavy atom. The molecule has 0 aliphatic heterocycles. The summed E-state index contributed by atoms with van der Waals surface area (Å²) in [4.78, 5) is 47.1. The lowest BCUT2D eigenvalue weighted by atomic mass is 10.0. The monoisotopic (exact) mass is 452 g/mol. The van der Waals surface area contributed by atoms with Gasteiger partial charge in [-0.25, -0.2) is 9.59 Å². The Hall–Kier alpha value is -4.14. The van der Waals surface area contributed by atoms with Crippen LogP contribution in [0.15, 0.2) is 63.8 Å². The summed E-state index contributed by atoms with van der Waals surface area (Å²) >= 11 is 0. The maximum atomic E-state index is 12.0. The van der Waals surface area contributed by atoms with E-state index in [0.717, 1.165) is 11.1 Å². The maximum Gasteiger partial charge on any atom is 0.336 e. The van der Waals surface area contributed by atoms with E-state index in [2.05, 4.69) is 10.6 Å². The van der Waals surface area contributed by atoms with Crippen LogP contribution in [0.1, 0.15) is 13.8 Å². The molecule has 0 unspecified atom stereocenters. The molecule has 1 heterocycles. The second-order valence-electron chi connectivity index (χ2n) is 7.70. The van der Waals surface area contributed by atoms with Gasteiger partial charge in [0.05, 0.1) is 6.54 Å². The molecule has 172 valence electrons. The van der Waals surface area contributed by atoms with E-state index in [-0.39, 0.29) is 19.1 Å². The molecule has 0 bridgehead atoms. The number of carbonyl (C=O) groups excluding carboxylic acids is 2. The molecule has 2 amide bonds. The molecular weight excluding hydrogens is 428 g/mol. The normalized spacial score (nSPS) is 11.7. The minimum absolute atomic E-state index is 0.305. The lowest BCUT2D eigenvalue weighted by Gasteiger charge is -2.18. The average molecular weight is 452 g/mol. The highest BCUT2D eigenvalue weighted by atomic mass is 16.5. The molecule has 0 saturated carbocycles. The predicted molar refractivity (Wildman–Crippen MR) is 121 cm³/mol. The van der Waals surface area contributed by atoms with Crippen molar-refractivity contribution in [2.75, 3.05) is 13.2 Å². The molecule has 0 spiro atoms. The van der Waals surface area contributed by atoms with Gasteiger partial charge in [-0.05, 0) is 29.2 Å². The van der Waals surface area contributed by atoms with E-state index in [9.17, 15) is 19.2 Å². The summed E-state index contributed by atoms with van der Waals surface area (Å²) < 4.78 is 10.7. The summed E-state index contributed by atoms with van der Waals surface area (Å²) in [5.41, 5.74) is 1.39. The van der Waals surface area contributed by atoms with Crippen LogP contribution in [-0.2, 0) is 14.4 Å². The van der Waals surface area contributed by atoms with Gasteiger partial charge >= 0.3 is 11.6 Å². The molecule has 0 fully saturated rings. The lowest BCUT2D eigenvalue weighted by molar-refractivity contribution is -0.143. The van der Waals surface area contributed by atoms with Gasteiger partial charge in [0.2, 0.25) is 5.91 Å². The quantitative estimate of drug-likeness (QED) is 0.424. The Bertz CT molecular complexity index is 1220. The first-order chi connectivity index (χ1) is 15.7. The van der Waals surface area contributed by atoms with Crippen molar-refractivity contribution in [1.82, 2.24) is 10.6 Å². The minimum Gasteiger partial charge on any atom is -0.484 e. The molecule has 0 aliphatic rings. The zero-order valence-corrected chi connectivity index (χ0v) is 18.2. The molecule has 33 heavy (non-hydrogen) atoms. The Morgan fingerprint density at radius 3 is 2.42 bits per heavy atom. The predicted octanol–water partition coefficient (Wildman–Crippen LogP) is 2.18. The summed E-state index contributed by atoms with van der Waals surface area (Å²) in [6.45, 7) is 2.57. The standard InChI is InChI=1S/C24H24N2O7/c1-14(2)23(24(30)31)26-20(27)12-25-21(28)13-32-16-8-9-17-18(15-6-4-3-5-7-15)11-22(29)33-19(17)10-16/h3-11,14,23H,12-13H2,1-2H3,(H,25,28)(H,26,27)(H,30,31)/t23-/m1/s1. The molecule has 3 rings (SSSR count). The van der Waals surface area contributed by atoms with Gasteiger partial charge in [0.25, 0.3) is 5.91 Å². The van der Waals surface area contributed by atoms with Gasteiger partial charge in [-0.15, -0.1) is 0 Å². The molecule has 9 nitrogen and oxygen atoms in total. The second kappa shape index (κ2) is 10.4. The third-order valence-electron chi connectivity index (χ3n) is 4.87. The number of carboxylic acid groups (broad SMARTS) is 1. The first-order valence-corrected chi connectivity index (χ1v) is 10.3. The fourth-order valence-corrected chi connectivity index (χ4v) is 3.21. The SMILES string of the molecule is CC(C)[C@@H](NC(=O)CNC(=O)COc1ccc2c(-c3ccccc3)cc(=O)oc2c1)C(=O)O. The third kappa shape index (κ3) is 6.19. The minimum atomic E-state index is -1.15. The van der Waals surface area contributed by atoms with Gasteiger partial charge in [0.15, 0.2) is 6.61 Å². The van der Waals surface area contributed by atoms with Crippen molar-refractivity contribution in [3.8, 4) is 16.9 Å². The number of benzene rings is 2. The Balaban J connectivity index is 1.61. The van der Waals surface area contributed by atoms with Gasteiger partial charge in [-0.3, -0.25) is 9.59 Å². The summed E-state index contributed by atoms with van der Waals surface area (Å²) in [6.07, 6.45) is 0. The van der Waals surface area contributed by atoms with E-state index in [1.165, 1.54) is 12.1 Å². The third-order valence-corrected chi connectivity index (χ3v) is 4.87. The topological polar surface area (TPSA) is 135 Å². The van der Waals surface area contributed by atoms with Crippen LogP contribution in [0, 0.1) is 5.92 Å². The van der Waals surface area contributed by atoms with Crippen molar-refractivity contribution >= 4 is 28.8 Å². The second-order valence-corrected chi connectivity index (χ2v) is 7.70. The van der Waals surface area contributed by atoms with Crippen molar-refractivity contribution in [3.63, 3.8) is 0 Å². The largest absolute Gasteiger partial charge is 0.484 e. The van der Waals surface area contributed by atoms with Crippen LogP contribution in [0.5, 0.6) is 5.75 Å². The number of hydrogen-bond donors (Lipinski definition) is 3. The summed E-state index contributed by atoms with van der Waals surface area (Å²) in [6, 6.07) is 14.7. The maximum absolute atomic E-state index is 12.0. The van der Waals surface area contributed by atoms with E-state index >= 15 is 0 Å². The number of carbonyl (C=O) groups is 3. The van der Waals surface area contributed by atoms with E-state index in [1.807, 2.05) is 30.3 Å². The van der Waals surface area contributed by atoms with Crippen LogP contribution in [0.4, 0.5) is 0 Å². The summed E-state index contributed by atoms with van der Waals surface area (Å²) in [5, 5.41) is 14.5. The van der Waals surface area contributed by atoms with E-state index < -0.39 is 29.5 Å². The first-order valence-electron chi connectivity index (χ1n) is 10.3. The van der Waals surface area contributed by atoms with Crippen LogP contribution >= 0.6 is 0 Å². The van der Waals surface area contributed by atoms with Crippen molar-refractivity contribution in [1.29, 1.82) is 0 Å². The molecule has 9 heteroatoms. The fraction of sp³-hybridized carbons (Fsp3) is 0.250. The van der Waals surface area contributed by atoms with Crippen LogP contribution in [0.2, 0.25) is 0 Å². The number of ether oxygens (including phenoxy) is 1. The lowest BCUT2D eigenvalue weighted by Crippen LogP contribution is -2.48. The van der Waals surface area contributed by atoms with Gasteiger partial charge < -0.3 is 24.9 Å². The van der Waals surface area contributed by atoms with Gasteiger partial charge in [0.1, 0.15) is 17.4 Å². The van der Waals surface area contributed by atoms with E-state index in [4.69, 9.17) is 14.3 Å². The van der Waals surface area contributed by atoms with Gasteiger partial charge in [0, 0.05) is 17.5 Å². The smallest absolute Gasteiger partial charge is 0.336 e. The Morgan fingerprint density at radius 1 is 1.03 bits per heavy atom. The van der Waals surface area contributed by atoms with Crippen molar-refractivity contribution in [2.45, 2.75) is 19.9 Å². The molecule has 3 N–H and O–H groups in total. The van der Waals surface area contributed by atoms with Crippen molar-refractivity contribution in [2.24, 2.45) is 5.92 Å². The molecule has 1 aromatic heterocycles. The molecule has 2 aromatic carbocycles.